The Labute approximate surface area is 127 Å². The van der Waals surface area contributed by atoms with Gasteiger partial charge in [0.2, 0.25) is 0 Å². The molecule has 20 heavy (non-hydrogen) atoms. The lowest BCUT2D eigenvalue weighted by atomic mass is 10.1. The average Bonchev–Trinajstić information content (AvgIpc) is 2.43. The smallest absolute Gasteiger partial charge is 0.0444 e. The predicted octanol–water partition coefficient (Wildman–Crippen LogP) is 6.07. The third-order valence-corrected chi connectivity index (χ3v) is 4.42. The zero-order valence-electron chi connectivity index (χ0n) is 14.0. The summed E-state index contributed by atoms with van der Waals surface area (Å²) in [6, 6.07) is 0.582. The molecule has 1 rings (SSSR count). The van der Waals surface area contributed by atoms with Gasteiger partial charge in [0.1, 0.15) is 0 Å². The van der Waals surface area contributed by atoms with Gasteiger partial charge in [-0.15, -0.1) is 0 Å². The maximum Gasteiger partial charge on any atom is 0.0444 e. The number of unbranched alkanes of at least 4 members (excludes halogenated alkanes) is 9. The molecule has 116 valence electrons. The first-order chi connectivity index (χ1) is 9.75. The van der Waals surface area contributed by atoms with Crippen LogP contribution in [-0.4, -0.2) is 17.5 Å². The number of hydrogen-bond acceptors (Lipinski definition) is 1. The lowest BCUT2D eigenvalue weighted by Crippen LogP contribution is -2.32. The minimum atomic E-state index is 0.582. The maximum absolute atomic E-state index is 2.53. The van der Waals surface area contributed by atoms with E-state index in [0.29, 0.717) is 6.04 Å². The molecule has 1 nitrogen and oxygen atoms in total. The fourth-order valence-corrected chi connectivity index (χ4v) is 3.03. The molecule has 0 N–H and O–H groups in total. The van der Waals surface area contributed by atoms with Crippen molar-refractivity contribution in [3.8, 4) is 0 Å². The van der Waals surface area contributed by atoms with Gasteiger partial charge >= 0.3 is 0 Å². The van der Waals surface area contributed by atoms with Gasteiger partial charge < -0.3 is 4.90 Å². The van der Waals surface area contributed by atoms with E-state index < -0.39 is 0 Å². The van der Waals surface area contributed by atoms with Gasteiger partial charge in [0.25, 0.3) is 0 Å². The molecule has 0 spiro atoms. The molecule has 0 amide bonds. The Bertz CT molecular complexity index is 290. The Kier molecular flexibility index (Phi) is 9.53. The lowest BCUT2D eigenvalue weighted by molar-refractivity contribution is 0.295. The molecule has 0 aromatic heterocycles. The van der Waals surface area contributed by atoms with Crippen molar-refractivity contribution in [2.75, 3.05) is 6.54 Å². The Hall–Kier alpha value is -0.720. The van der Waals surface area contributed by atoms with E-state index in [1.54, 1.807) is 0 Å². The SMILES string of the molecule is CCCCCCCCCCCCN1C(C)=CC=CC1C. The van der Waals surface area contributed by atoms with Crippen LogP contribution in [0.1, 0.15) is 85.0 Å². The van der Waals surface area contributed by atoms with Gasteiger partial charge in [-0.25, -0.2) is 0 Å². The Morgan fingerprint density at radius 3 is 2.00 bits per heavy atom. The second kappa shape index (κ2) is 11.0. The molecule has 1 unspecified atom stereocenters. The van der Waals surface area contributed by atoms with Crippen molar-refractivity contribution in [1.29, 1.82) is 0 Å². The Balaban J connectivity index is 1.92. The molecule has 0 radical (unpaired) electrons. The van der Waals surface area contributed by atoms with Crippen LogP contribution in [0.25, 0.3) is 0 Å². The molecule has 0 fully saturated rings. The van der Waals surface area contributed by atoms with Crippen LogP contribution < -0.4 is 0 Å². The molecule has 1 atom stereocenters. The number of hydrogen-bond donors (Lipinski definition) is 0. The van der Waals surface area contributed by atoms with Crippen LogP contribution in [-0.2, 0) is 0 Å². The van der Waals surface area contributed by atoms with Crippen LogP contribution in [0.15, 0.2) is 23.9 Å². The summed E-state index contributed by atoms with van der Waals surface area (Å²) in [6.45, 7) is 8.04. The van der Waals surface area contributed by atoms with E-state index >= 15 is 0 Å². The first-order valence-electron chi connectivity index (χ1n) is 8.87. The molecular weight excluding hydrogens is 242 g/mol. The summed E-state index contributed by atoms with van der Waals surface area (Å²) in [5, 5.41) is 0. The van der Waals surface area contributed by atoms with Crippen molar-refractivity contribution in [2.24, 2.45) is 0 Å². The molecule has 1 heteroatoms. The van der Waals surface area contributed by atoms with Crippen LogP contribution in [0.3, 0.4) is 0 Å². The van der Waals surface area contributed by atoms with Crippen molar-refractivity contribution < 1.29 is 0 Å². The second-order valence-electron chi connectivity index (χ2n) is 6.31. The predicted molar refractivity (Wildman–Crippen MR) is 90.9 cm³/mol. The molecule has 1 aliphatic rings. The average molecular weight is 277 g/mol. The minimum Gasteiger partial charge on any atom is -0.369 e. The Morgan fingerprint density at radius 1 is 0.900 bits per heavy atom. The minimum absolute atomic E-state index is 0.582. The third-order valence-electron chi connectivity index (χ3n) is 4.42. The first-order valence-corrected chi connectivity index (χ1v) is 8.87. The Morgan fingerprint density at radius 2 is 1.45 bits per heavy atom. The lowest BCUT2D eigenvalue weighted by Gasteiger charge is -2.32. The van der Waals surface area contributed by atoms with Gasteiger partial charge in [0, 0.05) is 18.3 Å². The molecular formula is C19H35N. The fourth-order valence-electron chi connectivity index (χ4n) is 3.03. The summed E-state index contributed by atoms with van der Waals surface area (Å²) in [4.78, 5) is 2.53. The summed E-state index contributed by atoms with van der Waals surface area (Å²) in [7, 11) is 0. The highest BCUT2D eigenvalue weighted by Gasteiger charge is 2.12. The van der Waals surface area contributed by atoms with Gasteiger partial charge in [-0.3, -0.25) is 0 Å². The van der Waals surface area contributed by atoms with Crippen LogP contribution in [0, 0.1) is 0 Å². The van der Waals surface area contributed by atoms with E-state index in [0.717, 1.165) is 0 Å². The van der Waals surface area contributed by atoms with Gasteiger partial charge in [-0.1, -0.05) is 76.9 Å². The summed E-state index contributed by atoms with van der Waals surface area (Å²) in [6.07, 6.45) is 20.9. The number of allylic oxidation sites excluding steroid dienone is 3. The normalized spacial score (nSPS) is 18.4. The van der Waals surface area contributed by atoms with Gasteiger partial charge in [-0.05, 0) is 26.3 Å². The van der Waals surface area contributed by atoms with E-state index in [9.17, 15) is 0 Å². The van der Waals surface area contributed by atoms with E-state index in [4.69, 9.17) is 0 Å². The third kappa shape index (κ3) is 7.17. The quantitative estimate of drug-likeness (QED) is 0.414. The molecule has 0 aromatic carbocycles. The summed E-state index contributed by atoms with van der Waals surface area (Å²) in [5.41, 5.74) is 1.43. The molecule has 0 aliphatic carbocycles. The van der Waals surface area contributed by atoms with Crippen molar-refractivity contribution in [1.82, 2.24) is 4.90 Å². The molecule has 0 saturated heterocycles. The van der Waals surface area contributed by atoms with Crippen LogP contribution in [0.5, 0.6) is 0 Å². The van der Waals surface area contributed by atoms with E-state index in [-0.39, 0.29) is 0 Å². The van der Waals surface area contributed by atoms with E-state index in [1.807, 2.05) is 0 Å². The van der Waals surface area contributed by atoms with E-state index in [2.05, 4.69) is 43.9 Å². The maximum atomic E-state index is 2.53. The van der Waals surface area contributed by atoms with Crippen LogP contribution in [0.4, 0.5) is 0 Å². The zero-order chi connectivity index (χ0) is 14.6. The highest BCUT2D eigenvalue weighted by atomic mass is 15.2. The topological polar surface area (TPSA) is 3.24 Å². The highest BCUT2D eigenvalue weighted by molar-refractivity contribution is 5.18. The molecule has 0 saturated carbocycles. The molecule has 0 bridgehead atoms. The number of rotatable bonds is 11. The summed E-state index contributed by atoms with van der Waals surface area (Å²) < 4.78 is 0. The first kappa shape index (κ1) is 17.3. The van der Waals surface area contributed by atoms with E-state index in [1.165, 1.54) is 76.5 Å². The van der Waals surface area contributed by atoms with Crippen molar-refractivity contribution in [3.63, 3.8) is 0 Å². The van der Waals surface area contributed by atoms with Crippen molar-refractivity contribution >= 4 is 0 Å². The monoisotopic (exact) mass is 277 g/mol. The fraction of sp³-hybridized carbons (Fsp3) is 0.789. The molecule has 0 aromatic rings. The molecule has 1 aliphatic heterocycles. The largest absolute Gasteiger partial charge is 0.369 e. The molecule has 1 heterocycles. The van der Waals surface area contributed by atoms with Crippen molar-refractivity contribution in [3.05, 3.63) is 23.9 Å². The second-order valence-corrected chi connectivity index (χ2v) is 6.31. The van der Waals surface area contributed by atoms with Gasteiger partial charge in [-0.2, -0.15) is 0 Å². The standard InChI is InChI=1S/C19H35N/c1-4-5-6-7-8-9-10-11-12-13-17-20-18(2)15-14-16-19(20)3/h14-16,18H,4-13,17H2,1-3H3. The zero-order valence-corrected chi connectivity index (χ0v) is 14.0. The number of nitrogens with zero attached hydrogens (tertiary/aromatic N) is 1. The van der Waals surface area contributed by atoms with Gasteiger partial charge in [0.15, 0.2) is 0 Å². The van der Waals surface area contributed by atoms with Crippen LogP contribution in [0.2, 0.25) is 0 Å². The van der Waals surface area contributed by atoms with Gasteiger partial charge in [0.05, 0.1) is 0 Å². The van der Waals surface area contributed by atoms with Crippen LogP contribution >= 0.6 is 0 Å². The summed E-state index contributed by atoms with van der Waals surface area (Å²) in [5.74, 6) is 0. The highest BCUT2D eigenvalue weighted by Crippen LogP contribution is 2.17. The van der Waals surface area contributed by atoms with Crippen molar-refractivity contribution in [2.45, 2.75) is 91.0 Å². The summed E-state index contributed by atoms with van der Waals surface area (Å²) >= 11 is 0.